The number of aliphatic hydroxyl groups is 3. The Bertz CT molecular complexity index is 353. The second-order valence-electron chi connectivity index (χ2n) is 5.02. The fraction of sp³-hybridized carbons (Fsp3) is 0.833. The highest BCUT2D eigenvalue weighted by atomic mass is 16.6. The van der Waals surface area contributed by atoms with Gasteiger partial charge < -0.3 is 24.8 Å². The number of aliphatic hydroxyl groups excluding tert-OH is 3. The molecular weight excluding hydrogens is 224 g/mol. The molecule has 3 aliphatic rings. The van der Waals surface area contributed by atoms with Crippen LogP contribution in [0, 0.1) is 0 Å². The minimum absolute atomic E-state index is 0.283. The predicted octanol–water partition coefficient (Wildman–Crippen LogP) is -0.654. The van der Waals surface area contributed by atoms with Gasteiger partial charge in [-0.2, -0.15) is 0 Å². The van der Waals surface area contributed by atoms with E-state index in [9.17, 15) is 15.3 Å². The number of fused-ring (bicyclic) bond motifs is 1. The van der Waals surface area contributed by atoms with Crippen molar-refractivity contribution in [2.24, 2.45) is 0 Å². The molecule has 0 radical (unpaired) electrons. The van der Waals surface area contributed by atoms with Crippen LogP contribution in [-0.2, 0) is 9.47 Å². The van der Waals surface area contributed by atoms with Crippen LogP contribution in [0.15, 0.2) is 11.1 Å². The van der Waals surface area contributed by atoms with Gasteiger partial charge in [0.05, 0.1) is 12.7 Å². The summed E-state index contributed by atoms with van der Waals surface area (Å²) in [4.78, 5) is 0. The summed E-state index contributed by atoms with van der Waals surface area (Å²) in [7, 11) is 0. The van der Waals surface area contributed by atoms with Crippen LogP contribution in [0.25, 0.3) is 0 Å². The molecule has 0 spiro atoms. The molecule has 3 rings (SSSR count). The molecule has 96 valence electrons. The third-order valence-corrected chi connectivity index (χ3v) is 3.89. The van der Waals surface area contributed by atoms with E-state index in [-0.39, 0.29) is 18.8 Å². The highest BCUT2D eigenvalue weighted by Crippen LogP contribution is 2.45. The fourth-order valence-electron chi connectivity index (χ4n) is 2.93. The number of hydrogen-bond donors (Lipinski definition) is 3. The maximum atomic E-state index is 10.1. The lowest BCUT2D eigenvalue weighted by atomic mass is 9.84. The largest absolute Gasteiger partial charge is 0.390 e. The van der Waals surface area contributed by atoms with Gasteiger partial charge in [0.2, 0.25) is 0 Å². The van der Waals surface area contributed by atoms with Crippen molar-refractivity contribution >= 4 is 0 Å². The molecule has 1 saturated heterocycles. The average Bonchev–Trinajstić information content (AvgIpc) is 2.98. The first kappa shape index (κ1) is 11.6. The van der Waals surface area contributed by atoms with E-state index in [0.717, 1.165) is 6.42 Å². The van der Waals surface area contributed by atoms with Crippen LogP contribution in [0.2, 0.25) is 0 Å². The smallest absolute Gasteiger partial charge is 0.117 e. The summed E-state index contributed by atoms with van der Waals surface area (Å²) in [6.07, 6.45) is -1.65. The van der Waals surface area contributed by atoms with Crippen molar-refractivity contribution in [3.05, 3.63) is 11.1 Å². The second-order valence-corrected chi connectivity index (χ2v) is 5.02. The second kappa shape index (κ2) is 4.03. The molecule has 5 heteroatoms. The molecule has 0 saturated carbocycles. The standard InChI is InChI=1S/C12H18O5/c1-2-3-6(13)10-7-5(4-16-10)8(14)11-12(17-11)9(7)15/h6,8-15H,2-4H2,1H3/t6-,8-,9-,10-,11-,12-/m0/s1. The van der Waals surface area contributed by atoms with Crippen LogP contribution in [-0.4, -0.2) is 58.6 Å². The van der Waals surface area contributed by atoms with E-state index in [1.165, 1.54) is 0 Å². The molecule has 0 aromatic rings. The lowest BCUT2D eigenvalue weighted by molar-refractivity contribution is -0.00843. The molecule has 2 aliphatic heterocycles. The van der Waals surface area contributed by atoms with Gasteiger partial charge in [-0.3, -0.25) is 0 Å². The molecule has 0 aromatic carbocycles. The van der Waals surface area contributed by atoms with Crippen LogP contribution >= 0.6 is 0 Å². The average molecular weight is 242 g/mol. The molecule has 0 unspecified atom stereocenters. The normalized spacial score (nSPS) is 45.5. The van der Waals surface area contributed by atoms with Crippen molar-refractivity contribution in [2.45, 2.75) is 56.4 Å². The van der Waals surface area contributed by atoms with Crippen molar-refractivity contribution in [3.8, 4) is 0 Å². The molecule has 6 atom stereocenters. The van der Waals surface area contributed by atoms with Crippen molar-refractivity contribution < 1.29 is 24.8 Å². The Morgan fingerprint density at radius 3 is 2.71 bits per heavy atom. The number of rotatable bonds is 3. The highest BCUT2D eigenvalue weighted by Gasteiger charge is 2.58. The van der Waals surface area contributed by atoms with Gasteiger partial charge in [-0.25, -0.2) is 0 Å². The lowest BCUT2D eigenvalue weighted by Crippen LogP contribution is -2.39. The summed E-state index contributed by atoms with van der Waals surface area (Å²) < 4.78 is 10.8. The van der Waals surface area contributed by atoms with Gasteiger partial charge in [0.25, 0.3) is 0 Å². The summed E-state index contributed by atoms with van der Waals surface area (Å²) in [5, 5.41) is 30.1. The van der Waals surface area contributed by atoms with E-state index in [1.807, 2.05) is 6.92 Å². The molecule has 17 heavy (non-hydrogen) atoms. The zero-order valence-electron chi connectivity index (χ0n) is 9.74. The van der Waals surface area contributed by atoms with Crippen molar-refractivity contribution in [3.63, 3.8) is 0 Å². The summed E-state index contributed by atoms with van der Waals surface area (Å²) in [5.41, 5.74) is 1.36. The monoisotopic (exact) mass is 242 g/mol. The van der Waals surface area contributed by atoms with E-state index < -0.39 is 24.4 Å². The van der Waals surface area contributed by atoms with Crippen molar-refractivity contribution in [1.29, 1.82) is 0 Å². The van der Waals surface area contributed by atoms with Gasteiger partial charge in [-0.15, -0.1) is 0 Å². The van der Waals surface area contributed by atoms with E-state index in [2.05, 4.69) is 0 Å². The minimum atomic E-state index is -0.739. The molecule has 1 aliphatic carbocycles. The molecular formula is C12H18O5. The van der Waals surface area contributed by atoms with Crippen LogP contribution in [0.1, 0.15) is 19.8 Å². The molecule has 0 amide bonds. The van der Waals surface area contributed by atoms with Gasteiger partial charge in [-0.05, 0) is 17.6 Å². The third-order valence-electron chi connectivity index (χ3n) is 3.89. The van der Waals surface area contributed by atoms with Gasteiger partial charge in [0.1, 0.15) is 30.5 Å². The Morgan fingerprint density at radius 2 is 2.00 bits per heavy atom. The number of epoxide rings is 1. The summed E-state index contributed by atoms with van der Waals surface area (Å²) in [5.74, 6) is 0. The van der Waals surface area contributed by atoms with Crippen LogP contribution in [0.5, 0.6) is 0 Å². The first-order valence-corrected chi connectivity index (χ1v) is 6.19. The Morgan fingerprint density at radius 1 is 1.29 bits per heavy atom. The molecule has 0 aromatic heterocycles. The zero-order valence-corrected chi connectivity index (χ0v) is 9.74. The van der Waals surface area contributed by atoms with Gasteiger partial charge >= 0.3 is 0 Å². The Balaban J connectivity index is 1.85. The van der Waals surface area contributed by atoms with E-state index in [4.69, 9.17) is 9.47 Å². The maximum Gasteiger partial charge on any atom is 0.117 e. The Labute approximate surface area is 99.7 Å². The maximum absolute atomic E-state index is 10.1. The molecule has 5 nitrogen and oxygen atoms in total. The van der Waals surface area contributed by atoms with E-state index in [1.54, 1.807) is 0 Å². The van der Waals surface area contributed by atoms with Gasteiger partial charge in [0.15, 0.2) is 0 Å². The molecule has 0 bridgehead atoms. The van der Waals surface area contributed by atoms with Crippen LogP contribution in [0.4, 0.5) is 0 Å². The predicted molar refractivity (Wildman–Crippen MR) is 58.4 cm³/mol. The topological polar surface area (TPSA) is 82.5 Å². The van der Waals surface area contributed by atoms with E-state index in [0.29, 0.717) is 17.6 Å². The first-order valence-electron chi connectivity index (χ1n) is 6.19. The highest BCUT2D eigenvalue weighted by molar-refractivity contribution is 5.39. The first-order chi connectivity index (χ1) is 8.15. The quantitative estimate of drug-likeness (QED) is 0.452. The molecule has 1 fully saturated rings. The Kier molecular flexibility index (Phi) is 2.76. The molecule has 2 heterocycles. The molecule has 3 N–H and O–H groups in total. The third kappa shape index (κ3) is 1.65. The summed E-state index contributed by atoms with van der Waals surface area (Å²) in [6, 6.07) is 0. The van der Waals surface area contributed by atoms with Crippen LogP contribution < -0.4 is 0 Å². The van der Waals surface area contributed by atoms with Gasteiger partial charge in [-0.1, -0.05) is 13.3 Å². The van der Waals surface area contributed by atoms with E-state index >= 15 is 0 Å². The minimum Gasteiger partial charge on any atom is -0.390 e. The van der Waals surface area contributed by atoms with Crippen molar-refractivity contribution in [1.82, 2.24) is 0 Å². The Hall–Kier alpha value is -0.460. The zero-order chi connectivity index (χ0) is 12.2. The summed E-state index contributed by atoms with van der Waals surface area (Å²) >= 11 is 0. The van der Waals surface area contributed by atoms with Gasteiger partial charge in [0, 0.05) is 0 Å². The van der Waals surface area contributed by atoms with Crippen LogP contribution in [0.3, 0.4) is 0 Å². The SMILES string of the molecule is CCC[C@H](O)[C@@H]1OCC2=C1[C@H](O)[C@@H]1O[C@H]1[C@H]2O. The summed E-state index contributed by atoms with van der Waals surface area (Å²) in [6.45, 7) is 2.27. The number of ether oxygens (including phenoxy) is 2. The lowest BCUT2D eigenvalue weighted by Gasteiger charge is -2.26. The fourth-order valence-corrected chi connectivity index (χ4v) is 2.93. The number of hydrogen-bond acceptors (Lipinski definition) is 5. The van der Waals surface area contributed by atoms with Crippen molar-refractivity contribution in [2.75, 3.05) is 6.61 Å².